The first-order chi connectivity index (χ1) is 14.5. The van der Waals surface area contributed by atoms with Gasteiger partial charge in [0.1, 0.15) is 12.6 Å². The molecule has 3 N–H and O–H groups in total. The maximum absolute atomic E-state index is 12.6. The van der Waals surface area contributed by atoms with Gasteiger partial charge in [-0.15, -0.1) is 0 Å². The summed E-state index contributed by atoms with van der Waals surface area (Å²) in [7, 11) is 1.07. The van der Waals surface area contributed by atoms with E-state index in [0.29, 0.717) is 10.9 Å². The third-order valence-corrected chi connectivity index (χ3v) is 6.00. The number of rotatable bonds is 21. The molecule has 0 fully saturated rings. The van der Waals surface area contributed by atoms with Crippen LogP contribution in [-0.4, -0.2) is 78.5 Å². The Bertz CT molecular complexity index is 511. The highest BCUT2D eigenvalue weighted by Crippen LogP contribution is 2.45. The van der Waals surface area contributed by atoms with Gasteiger partial charge in [0.15, 0.2) is 11.9 Å². The average molecular weight is 469 g/mol. The Balaban J connectivity index is 4.28. The van der Waals surface area contributed by atoms with E-state index < -0.39 is 33.2 Å². The molecule has 2 unspecified atom stereocenters. The number of carbonyl (C=O) groups is 1. The molecule has 0 spiro atoms. The lowest BCUT2D eigenvalue weighted by Crippen LogP contribution is -2.45. The molecule has 0 aromatic rings. The number of hydrogen-bond donors (Lipinski definition) is 3. The predicted octanol–water partition coefficient (Wildman–Crippen LogP) is 3.82. The molecule has 0 amide bonds. The first-order valence-corrected chi connectivity index (χ1v) is 13.3. The lowest BCUT2D eigenvalue weighted by Gasteiger charge is -2.29. The molecule has 0 bridgehead atoms. The minimum atomic E-state index is -4.53. The zero-order valence-electron chi connectivity index (χ0n) is 20.1. The Hall–Kier alpha value is -0.340. The zero-order valence-corrected chi connectivity index (χ0v) is 21.0. The van der Waals surface area contributed by atoms with Crippen LogP contribution in [0.4, 0.5) is 0 Å². The van der Waals surface area contributed by atoms with Gasteiger partial charge < -0.3 is 19.6 Å². The molecule has 0 aliphatic carbocycles. The number of aliphatic hydroxyl groups excluding tert-OH is 2. The second kappa shape index (κ2) is 17.2. The van der Waals surface area contributed by atoms with Crippen LogP contribution >= 0.6 is 7.82 Å². The number of phosphoric ester groups is 1. The van der Waals surface area contributed by atoms with E-state index in [9.17, 15) is 19.4 Å². The van der Waals surface area contributed by atoms with Crippen molar-refractivity contribution >= 4 is 13.6 Å². The molecule has 0 rings (SSSR count). The highest BCUT2D eigenvalue weighted by Gasteiger charge is 2.34. The van der Waals surface area contributed by atoms with E-state index in [1.54, 1.807) is 0 Å². The van der Waals surface area contributed by atoms with Crippen LogP contribution in [0.1, 0.15) is 84.0 Å². The topological polar surface area (TPSA) is 113 Å². The average Bonchev–Trinajstić information content (AvgIpc) is 2.68. The zero-order chi connectivity index (χ0) is 23.8. The van der Waals surface area contributed by atoms with Crippen molar-refractivity contribution in [3.05, 3.63) is 0 Å². The molecule has 3 atom stereocenters. The normalized spacial score (nSPS) is 16.1. The molecule has 0 aromatic heterocycles. The van der Waals surface area contributed by atoms with E-state index in [2.05, 4.69) is 6.92 Å². The second-order valence-electron chi connectivity index (χ2n) is 9.42. The Kier molecular flexibility index (Phi) is 17.0. The number of unbranched alkanes of at least 4 members (excludes halogenated alkanes) is 10. The summed E-state index contributed by atoms with van der Waals surface area (Å²) >= 11 is 0. The fourth-order valence-electron chi connectivity index (χ4n) is 3.24. The lowest BCUT2D eigenvalue weighted by atomic mass is 10.0. The standard InChI is InChI=1S/C22H46NO7P/c1-5-6-7-8-9-10-11-12-13-14-15-16-21(26)22(17-23(2,3)4)30-31(27,28)29-19-20(25)18-24/h20,22,24-25H,5-19H2,1-4H3/p+1/t20-,22?/m1/s1. The van der Waals surface area contributed by atoms with Crippen molar-refractivity contribution in [2.75, 3.05) is 40.9 Å². The SMILES string of the molecule is CCCCCCCCCCCCCC(=O)C(C[N+](C)(C)C)OP(=O)(O)OC[C@H](O)CO. The number of ketones is 1. The summed E-state index contributed by atoms with van der Waals surface area (Å²) in [6.45, 7) is 1.31. The summed E-state index contributed by atoms with van der Waals surface area (Å²) in [4.78, 5) is 22.5. The van der Waals surface area contributed by atoms with Crippen LogP contribution in [-0.2, 0) is 18.4 Å². The van der Waals surface area contributed by atoms with Crippen molar-refractivity contribution in [2.24, 2.45) is 0 Å². The molecule has 31 heavy (non-hydrogen) atoms. The maximum Gasteiger partial charge on any atom is 0.473 e. The molecule has 0 aliphatic rings. The number of Topliss-reactive ketones (excluding diaryl/α,β-unsaturated/α-hetero) is 1. The van der Waals surface area contributed by atoms with Crippen LogP contribution in [0.5, 0.6) is 0 Å². The summed E-state index contributed by atoms with van der Waals surface area (Å²) in [5, 5.41) is 18.1. The van der Waals surface area contributed by atoms with Crippen LogP contribution in [0, 0.1) is 0 Å². The summed E-state index contributed by atoms with van der Waals surface area (Å²) < 4.78 is 22.4. The van der Waals surface area contributed by atoms with Gasteiger partial charge in [-0.05, 0) is 6.42 Å². The number of aliphatic hydroxyl groups is 2. The quantitative estimate of drug-likeness (QED) is 0.133. The number of phosphoric acid groups is 1. The van der Waals surface area contributed by atoms with Gasteiger partial charge in [-0.2, -0.15) is 0 Å². The van der Waals surface area contributed by atoms with E-state index in [1.807, 2.05) is 21.1 Å². The molecule has 0 aromatic carbocycles. The Labute approximate surface area is 189 Å². The number of nitrogens with zero attached hydrogens (tertiary/aromatic N) is 1. The van der Waals surface area contributed by atoms with Gasteiger partial charge >= 0.3 is 7.82 Å². The van der Waals surface area contributed by atoms with Gasteiger partial charge in [-0.3, -0.25) is 13.8 Å². The molecule has 0 saturated carbocycles. The van der Waals surface area contributed by atoms with Crippen LogP contribution in [0.15, 0.2) is 0 Å². The van der Waals surface area contributed by atoms with Gasteiger partial charge in [0.2, 0.25) is 0 Å². The van der Waals surface area contributed by atoms with Crippen molar-refractivity contribution < 1.29 is 38.0 Å². The maximum atomic E-state index is 12.6. The number of carbonyl (C=O) groups excluding carboxylic acids is 1. The van der Waals surface area contributed by atoms with Gasteiger partial charge in [-0.25, -0.2) is 4.57 Å². The summed E-state index contributed by atoms with van der Waals surface area (Å²) in [6.07, 6.45) is 11.0. The van der Waals surface area contributed by atoms with Crippen LogP contribution < -0.4 is 0 Å². The Morgan fingerprint density at radius 3 is 1.87 bits per heavy atom. The molecule has 8 nitrogen and oxygen atoms in total. The highest BCUT2D eigenvalue weighted by molar-refractivity contribution is 7.47. The van der Waals surface area contributed by atoms with Crippen LogP contribution in [0.25, 0.3) is 0 Å². The van der Waals surface area contributed by atoms with E-state index >= 15 is 0 Å². The minimum Gasteiger partial charge on any atom is -0.394 e. The largest absolute Gasteiger partial charge is 0.473 e. The summed E-state index contributed by atoms with van der Waals surface area (Å²) in [5.41, 5.74) is 0. The van der Waals surface area contributed by atoms with Gasteiger partial charge in [0.25, 0.3) is 0 Å². The molecule has 186 valence electrons. The highest BCUT2D eigenvalue weighted by atomic mass is 31.2. The monoisotopic (exact) mass is 468 g/mol. The van der Waals surface area contributed by atoms with E-state index in [-0.39, 0.29) is 12.3 Å². The molecule has 9 heteroatoms. The van der Waals surface area contributed by atoms with Crippen molar-refractivity contribution in [2.45, 2.75) is 96.2 Å². The molecule has 0 saturated heterocycles. The number of hydrogen-bond acceptors (Lipinski definition) is 6. The van der Waals surface area contributed by atoms with Crippen molar-refractivity contribution in [1.29, 1.82) is 0 Å². The third kappa shape index (κ3) is 18.9. The molecular weight excluding hydrogens is 421 g/mol. The van der Waals surface area contributed by atoms with Gasteiger partial charge in [-0.1, -0.05) is 71.1 Å². The van der Waals surface area contributed by atoms with Crippen LogP contribution in [0.2, 0.25) is 0 Å². The van der Waals surface area contributed by atoms with Gasteiger partial charge in [0.05, 0.1) is 34.4 Å². The number of likely N-dealkylation sites (N-methyl/N-ethyl adjacent to an activating group) is 1. The van der Waals surface area contributed by atoms with Crippen molar-refractivity contribution in [1.82, 2.24) is 0 Å². The Morgan fingerprint density at radius 2 is 1.42 bits per heavy atom. The minimum absolute atomic E-state index is 0.218. The molecule has 0 radical (unpaired) electrons. The van der Waals surface area contributed by atoms with Gasteiger partial charge in [0, 0.05) is 6.42 Å². The fourth-order valence-corrected chi connectivity index (χ4v) is 4.17. The second-order valence-corrected chi connectivity index (χ2v) is 10.8. The van der Waals surface area contributed by atoms with E-state index in [4.69, 9.17) is 14.2 Å². The number of quaternary nitrogens is 1. The predicted molar refractivity (Wildman–Crippen MR) is 123 cm³/mol. The van der Waals surface area contributed by atoms with Crippen LogP contribution in [0.3, 0.4) is 0 Å². The molecule has 0 heterocycles. The van der Waals surface area contributed by atoms with Crippen molar-refractivity contribution in [3.63, 3.8) is 0 Å². The van der Waals surface area contributed by atoms with E-state index in [0.717, 1.165) is 19.3 Å². The lowest BCUT2D eigenvalue weighted by molar-refractivity contribution is -0.872. The summed E-state index contributed by atoms with van der Waals surface area (Å²) in [5.74, 6) is -0.218. The Morgan fingerprint density at radius 1 is 0.935 bits per heavy atom. The first-order valence-electron chi connectivity index (χ1n) is 11.8. The van der Waals surface area contributed by atoms with E-state index in [1.165, 1.54) is 51.4 Å². The van der Waals surface area contributed by atoms with Crippen molar-refractivity contribution in [3.8, 4) is 0 Å². The first kappa shape index (κ1) is 30.7. The molecular formula is C22H47NO7P+. The third-order valence-electron chi connectivity index (χ3n) is 5.00. The fraction of sp³-hybridized carbons (Fsp3) is 0.955. The molecule has 0 aliphatic heterocycles. The smallest absolute Gasteiger partial charge is 0.394 e. The summed E-state index contributed by atoms with van der Waals surface area (Å²) in [6, 6.07) is 0.